The van der Waals surface area contributed by atoms with Gasteiger partial charge in [-0.15, -0.1) is 5.52 Å². The summed E-state index contributed by atoms with van der Waals surface area (Å²) in [7, 11) is 0. The van der Waals surface area contributed by atoms with Crippen molar-refractivity contribution in [3.63, 3.8) is 0 Å². The van der Waals surface area contributed by atoms with Crippen LogP contribution in [0.1, 0.15) is 21.5 Å². The molecule has 0 saturated heterocycles. The molecule has 1 aliphatic heterocycles. The minimum atomic E-state index is 0. The molecule has 0 spiro atoms. The minimum Gasteiger partial charge on any atom is -0.366 e. The van der Waals surface area contributed by atoms with Crippen molar-refractivity contribution in [3.05, 3.63) is 52.5 Å². The second-order valence-corrected chi connectivity index (χ2v) is 7.13. The van der Waals surface area contributed by atoms with Crippen molar-refractivity contribution in [2.24, 2.45) is 0 Å². The van der Waals surface area contributed by atoms with Crippen molar-refractivity contribution in [2.45, 2.75) is 24.1 Å². The largest absolute Gasteiger partial charge is 1.00 e. The van der Waals surface area contributed by atoms with Gasteiger partial charge in [0.2, 0.25) is 0 Å². The molecule has 2 heterocycles. The van der Waals surface area contributed by atoms with Gasteiger partial charge in [-0.2, -0.15) is 4.70 Å². The summed E-state index contributed by atoms with van der Waals surface area (Å²) in [5.74, 6) is 0. The Labute approximate surface area is 224 Å². The molecule has 3 aromatic rings. The number of aromatic nitrogens is 1. The Kier molecular flexibility index (Phi) is 7.68. The van der Waals surface area contributed by atoms with Crippen LogP contribution in [0.25, 0.3) is 10.2 Å². The van der Waals surface area contributed by atoms with Crippen LogP contribution in [-0.4, -0.2) is 4.98 Å². The molecule has 2 nitrogen and oxygen atoms in total. The molecule has 6 heteroatoms. The van der Waals surface area contributed by atoms with E-state index in [0.717, 1.165) is 15.2 Å². The van der Waals surface area contributed by atoms with Crippen molar-refractivity contribution >= 4 is 39.0 Å². The normalized spacial score (nSPS) is 15.6. The van der Waals surface area contributed by atoms with Crippen LogP contribution in [-0.2, 0) is 0 Å². The van der Waals surface area contributed by atoms with Gasteiger partial charge in [-0.1, -0.05) is 17.8 Å². The van der Waals surface area contributed by atoms with E-state index >= 15 is 0 Å². The molecular formula is C16H12K2N2S2. The van der Waals surface area contributed by atoms with Crippen molar-refractivity contribution in [1.29, 1.82) is 0 Å². The predicted molar refractivity (Wildman–Crippen MR) is 85.4 cm³/mol. The quantitative estimate of drug-likeness (QED) is 0.425. The van der Waals surface area contributed by atoms with Gasteiger partial charge >= 0.3 is 103 Å². The van der Waals surface area contributed by atoms with E-state index in [1.54, 1.807) is 11.3 Å². The molecule has 0 fully saturated rings. The van der Waals surface area contributed by atoms with E-state index in [9.17, 15) is 0 Å². The molecule has 1 N–H and O–H groups in total. The summed E-state index contributed by atoms with van der Waals surface area (Å²) in [4.78, 5) is 6.00. The fourth-order valence-corrected chi connectivity index (χ4v) is 4.79. The number of rotatable bonds is 1. The average Bonchev–Trinajstić information content (AvgIpc) is 3.01. The summed E-state index contributed by atoms with van der Waals surface area (Å²) < 4.78 is 1.08. The van der Waals surface area contributed by atoms with E-state index < -0.39 is 0 Å². The van der Waals surface area contributed by atoms with Crippen LogP contribution in [0.4, 0.5) is 5.69 Å². The third kappa shape index (κ3) is 3.94. The van der Waals surface area contributed by atoms with E-state index in [1.807, 2.05) is 23.9 Å². The summed E-state index contributed by atoms with van der Waals surface area (Å²) >= 11 is 3.54. The van der Waals surface area contributed by atoms with Gasteiger partial charge in [-0.25, -0.2) is 11.3 Å². The van der Waals surface area contributed by atoms with Crippen molar-refractivity contribution in [3.8, 4) is 0 Å². The maximum atomic E-state index is 4.68. The molecule has 1 aliphatic rings. The third-order valence-corrected chi connectivity index (χ3v) is 5.70. The molecule has 1 atom stereocenters. The maximum absolute atomic E-state index is 4.68. The molecule has 0 radical (unpaired) electrons. The van der Waals surface area contributed by atoms with Crippen LogP contribution in [0.5, 0.6) is 0 Å². The Balaban J connectivity index is 0.000000882. The number of thiazole rings is 1. The summed E-state index contributed by atoms with van der Waals surface area (Å²) in [5, 5.41) is 4.88. The summed E-state index contributed by atoms with van der Waals surface area (Å²) in [6.45, 7) is 4.30. The fraction of sp³-hybridized carbons (Fsp3) is 0.188. The van der Waals surface area contributed by atoms with Gasteiger partial charge in [0.05, 0.1) is 10.7 Å². The first kappa shape index (κ1) is 20.1. The third-order valence-electron chi connectivity index (χ3n) is 3.35. The summed E-state index contributed by atoms with van der Waals surface area (Å²) in [6.07, 6.45) is 0. The van der Waals surface area contributed by atoms with Gasteiger partial charge < -0.3 is 10.3 Å². The zero-order chi connectivity index (χ0) is 13.7. The molecule has 1 unspecified atom stereocenters. The molecule has 1 aromatic heterocycles. The van der Waals surface area contributed by atoms with E-state index in [-0.39, 0.29) is 108 Å². The van der Waals surface area contributed by atoms with Gasteiger partial charge in [0, 0.05) is 4.90 Å². The number of anilines is 1. The van der Waals surface area contributed by atoms with Crippen LogP contribution in [0, 0.1) is 26.0 Å². The number of fused-ring (bicyclic) bond motifs is 2. The number of hydrogen-bond donors (Lipinski definition) is 1. The molecule has 2 aromatic carbocycles. The molecule has 0 amide bonds. The Morgan fingerprint density at radius 1 is 1.14 bits per heavy atom. The standard InChI is InChI=1S/C16H12N2S2.2K/c1-9-7-10(2)14-13(8-9)20-16(18-14)15-17-11-5-3-4-6-12(11)19-15;;/h3-4,7-8,16,18H,1-2H3;;/q-2;2*+1. The molecule has 0 bridgehead atoms. The van der Waals surface area contributed by atoms with Crippen molar-refractivity contribution in [2.75, 3.05) is 5.32 Å². The van der Waals surface area contributed by atoms with Crippen LogP contribution in [0.15, 0.2) is 29.2 Å². The first-order valence-electron chi connectivity index (χ1n) is 6.44. The molecule has 0 aliphatic carbocycles. The van der Waals surface area contributed by atoms with Crippen LogP contribution in [0.2, 0.25) is 0 Å². The first-order chi connectivity index (χ1) is 9.70. The number of nitrogens with zero attached hydrogens (tertiary/aromatic N) is 1. The Morgan fingerprint density at radius 2 is 1.91 bits per heavy atom. The topological polar surface area (TPSA) is 24.9 Å². The van der Waals surface area contributed by atoms with E-state index in [4.69, 9.17) is 0 Å². The zero-order valence-corrected chi connectivity index (χ0v) is 21.0. The first-order valence-corrected chi connectivity index (χ1v) is 8.13. The van der Waals surface area contributed by atoms with Gasteiger partial charge in [-0.3, -0.25) is 24.3 Å². The summed E-state index contributed by atoms with van der Waals surface area (Å²) in [6, 6.07) is 14.6. The van der Waals surface area contributed by atoms with Gasteiger partial charge in [0.25, 0.3) is 0 Å². The van der Waals surface area contributed by atoms with Crippen LogP contribution < -0.4 is 108 Å². The Bertz CT molecular complexity index is 784. The van der Waals surface area contributed by atoms with Gasteiger partial charge in [0.1, 0.15) is 5.37 Å². The SMILES string of the molecule is Cc1cc(C)c2c(c1)SC(c1nc3[c-]cc[c-]c3s1)N2.[K+].[K+]. The molecule has 100 valence electrons. The molecule has 4 rings (SSSR count). The second-order valence-electron chi connectivity index (χ2n) is 4.95. The average molecular weight is 375 g/mol. The monoisotopic (exact) mass is 374 g/mol. The molecule has 0 saturated carbocycles. The predicted octanol–water partition coefficient (Wildman–Crippen LogP) is -1.26. The number of nitrogens with one attached hydrogen (secondary N) is 1. The number of thioether (sulfide) groups is 1. The number of aryl methyl sites for hydroxylation is 2. The van der Waals surface area contributed by atoms with E-state index in [1.165, 1.54) is 21.7 Å². The minimum absolute atomic E-state index is 0. The van der Waals surface area contributed by atoms with Crippen molar-refractivity contribution in [1.82, 2.24) is 4.98 Å². The Morgan fingerprint density at radius 3 is 2.68 bits per heavy atom. The second kappa shape index (κ2) is 8.42. The van der Waals surface area contributed by atoms with Crippen molar-refractivity contribution < 1.29 is 103 Å². The maximum Gasteiger partial charge on any atom is 1.00 e. The van der Waals surface area contributed by atoms with Gasteiger partial charge in [0.15, 0.2) is 0 Å². The zero-order valence-electron chi connectivity index (χ0n) is 13.2. The summed E-state index contributed by atoms with van der Waals surface area (Å²) in [5.41, 5.74) is 4.77. The smallest absolute Gasteiger partial charge is 0.366 e. The number of benzene rings is 2. The van der Waals surface area contributed by atoms with E-state index in [2.05, 4.69) is 48.4 Å². The Hall–Kier alpha value is 1.75. The van der Waals surface area contributed by atoms with Crippen LogP contribution in [0.3, 0.4) is 0 Å². The van der Waals surface area contributed by atoms with Gasteiger partial charge in [-0.05, 0) is 31.0 Å². The van der Waals surface area contributed by atoms with Crippen LogP contribution >= 0.6 is 23.1 Å². The molecule has 22 heavy (non-hydrogen) atoms. The fourth-order valence-electron chi connectivity index (χ4n) is 2.49. The molecular weight excluding hydrogens is 363 g/mol. The van der Waals surface area contributed by atoms with E-state index in [0.29, 0.717) is 0 Å². The number of hydrogen-bond acceptors (Lipinski definition) is 4.